The Morgan fingerprint density at radius 2 is 1.59 bits per heavy atom. The minimum atomic E-state index is -4.42. The molecule has 1 saturated heterocycles. The van der Waals surface area contributed by atoms with E-state index in [9.17, 15) is 13.2 Å². The van der Waals surface area contributed by atoms with Crippen LogP contribution in [0.3, 0.4) is 0 Å². The fourth-order valence-electron chi connectivity index (χ4n) is 5.34. The summed E-state index contributed by atoms with van der Waals surface area (Å²) in [4.78, 5) is 6.71. The van der Waals surface area contributed by atoms with Gasteiger partial charge in [-0.3, -0.25) is 4.98 Å². The van der Waals surface area contributed by atoms with Crippen LogP contribution in [0.1, 0.15) is 51.4 Å². The number of hydrogen-bond acceptors (Lipinski definition) is 2. The largest absolute Gasteiger partial charge is 0.416 e. The third kappa shape index (κ3) is 4.62. The van der Waals surface area contributed by atoms with E-state index in [0.717, 1.165) is 45.5 Å². The highest BCUT2D eigenvalue weighted by molar-refractivity contribution is 7.80. The second-order valence-electron chi connectivity index (χ2n) is 9.55. The Hall–Kier alpha value is -3.65. The van der Waals surface area contributed by atoms with Crippen LogP contribution >= 0.6 is 12.2 Å². The molecule has 0 radical (unpaired) electrons. The Bertz CT molecular complexity index is 1460. The Balaban J connectivity index is 1.69. The summed E-state index contributed by atoms with van der Waals surface area (Å²) in [6.45, 7) is 7.95. The second-order valence-corrected chi connectivity index (χ2v) is 9.94. The molecular formula is C29H27F3N4S. The monoisotopic (exact) mass is 520 g/mol. The third-order valence-corrected chi connectivity index (χ3v) is 7.12. The topological polar surface area (TPSA) is 33.1 Å². The van der Waals surface area contributed by atoms with E-state index in [2.05, 4.69) is 33.4 Å². The van der Waals surface area contributed by atoms with Gasteiger partial charge in [0.05, 0.1) is 23.3 Å². The van der Waals surface area contributed by atoms with Crippen molar-refractivity contribution in [1.82, 2.24) is 14.9 Å². The minimum absolute atomic E-state index is 0.245. The van der Waals surface area contributed by atoms with Gasteiger partial charge >= 0.3 is 6.18 Å². The zero-order chi connectivity index (χ0) is 26.5. The predicted molar refractivity (Wildman–Crippen MR) is 144 cm³/mol. The molecule has 0 bridgehead atoms. The SMILES string of the molecule is Cc1cc(C)cc(N2C(=S)N[C@@H](c3ccccn3)[C@@H]2c2cc(C)n(-c3cccc(C(F)(F)F)c3)c2C)c1. The van der Waals surface area contributed by atoms with E-state index in [1.165, 1.54) is 12.1 Å². The van der Waals surface area contributed by atoms with Crippen LogP contribution in [0.4, 0.5) is 18.9 Å². The first-order valence-electron chi connectivity index (χ1n) is 12.0. The predicted octanol–water partition coefficient (Wildman–Crippen LogP) is 7.30. The summed E-state index contributed by atoms with van der Waals surface area (Å²) < 4.78 is 42.3. The van der Waals surface area contributed by atoms with Crippen LogP contribution in [0.2, 0.25) is 0 Å². The van der Waals surface area contributed by atoms with E-state index >= 15 is 0 Å². The lowest BCUT2D eigenvalue weighted by Crippen LogP contribution is -2.29. The fraction of sp³-hybridized carbons (Fsp3) is 0.241. The molecule has 1 fully saturated rings. The first-order valence-corrected chi connectivity index (χ1v) is 12.4. The van der Waals surface area contributed by atoms with Crippen LogP contribution in [0.15, 0.2) is 72.9 Å². The van der Waals surface area contributed by atoms with Gasteiger partial charge in [-0.25, -0.2) is 0 Å². The molecule has 1 aliphatic heterocycles. The summed E-state index contributed by atoms with van der Waals surface area (Å²) in [5.74, 6) is 0. The van der Waals surface area contributed by atoms with E-state index in [4.69, 9.17) is 12.2 Å². The van der Waals surface area contributed by atoms with Crippen LogP contribution in [0.5, 0.6) is 0 Å². The summed E-state index contributed by atoms with van der Waals surface area (Å²) in [5.41, 5.74) is 6.49. The van der Waals surface area contributed by atoms with Gasteiger partial charge in [0.25, 0.3) is 0 Å². The number of aromatic nitrogens is 2. The summed E-state index contributed by atoms with van der Waals surface area (Å²) >= 11 is 5.85. The van der Waals surface area contributed by atoms with Gasteiger partial charge in [0.1, 0.15) is 0 Å². The normalized spacial score (nSPS) is 17.8. The van der Waals surface area contributed by atoms with Crippen molar-refractivity contribution in [2.24, 2.45) is 0 Å². The number of alkyl halides is 3. The quantitative estimate of drug-likeness (QED) is 0.286. The summed E-state index contributed by atoms with van der Waals surface area (Å²) in [6, 6.07) is 19.1. The molecule has 0 spiro atoms. The summed E-state index contributed by atoms with van der Waals surface area (Å²) in [7, 11) is 0. The smallest absolute Gasteiger partial charge is 0.351 e. The molecule has 0 unspecified atom stereocenters. The number of nitrogens with zero attached hydrogens (tertiary/aromatic N) is 3. The van der Waals surface area contributed by atoms with Gasteiger partial charge in [-0.15, -0.1) is 0 Å². The molecule has 8 heteroatoms. The van der Waals surface area contributed by atoms with E-state index in [-0.39, 0.29) is 12.1 Å². The van der Waals surface area contributed by atoms with Gasteiger partial charge in [0.2, 0.25) is 0 Å². The van der Waals surface area contributed by atoms with Crippen molar-refractivity contribution < 1.29 is 13.2 Å². The number of thiocarbonyl (C=S) groups is 1. The van der Waals surface area contributed by atoms with Gasteiger partial charge in [-0.05, 0) is 105 Å². The van der Waals surface area contributed by atoms with Crippen molar-refractivity contribution in [2.45, 2.75) is 46.0 Å². The van der Waals surface area contributed by atoms with Crippen LogP contribution in [0.25, 0.3) is 5.69 Å². The van der Waals surface area contributed by atoms with Gasteiger partial charge in [0.15, 0.2) is 5.11 Å². The first kappa shape index (κ1) is 25.0. The summed E-state index contributed by atoms with van der Waals surface area (Å²) in [5, 5.41) is 4.05. The highest BCUT2D eigenvalue weighted by Crippen LogP contribution is 2.44. The van der Waals surface area contributed by atoms with Crippen molar-refractivity contribution in [1.29, 1.82) is 0 Å². The molecule has 0 amide bonds. The van der Waals surface area contributed by atoms with E-state index in [0.29, 0.717) is 10.8 Å². The van der Waals surface area contributed by atoms with Crippen molar-refractivity contribution in [3.8, 4) is 5.69 Å². The maximum Gasteiger partial charge on any atom is 0.416 e. The van der Waals surface area contributed by atoms with Crippen LogP contribution < -0.4 is 10.2 Å². The minimum Gasteiger partial charge on any atom is -0.351 e. The van der Waals surface area contributed by atoms with Gasteiger partial charge in [0, 0.05) is 29.0 Å². The number of nitrogens with one attached hydrogen (secondary N) is 1. The molecule has 4 aromatic rings. The molecule has 37 heavy (non-hydrogen) atoms. The zero-order valence-electron chi connectivity index (χ0n) is 21.0. The molecule has 2 aromatic heterocycles. The highest BCUT2D eigenvalue weighted by Gasteiger charge is 2.42. The Kier molecular flexibility index (Phi) is 6.31. The average molecular weight is 521 g/mol. The highest BCUT2D eigenvalue weighted by atomic mass is 32.1. The average Bonchev–Trinajstić information content (AvgIpc) is 3.33. The molecule has 2 aromatic carbocycles. The molecule has 2 atom stereocenters. The lowest BCUT2D eigenvalue weighted by atomic mass is 9.96. The van der Waals surface area contributed by atoms with E-state index in [1.807, 2.05) is 56.5 Å². The Morgan fingerprint density at radius 3 is 2.24 bits per heavy atom. The van der Waals surface area contributed by atoms with Crippen LogP contribution in [0, 0.1) is 27.7 Å². The van der Waals surface area contributed by atoms with Crippen molar-refractivity contribution in [3.05, 3.63) is 112 Å². The standard InChI is InChI=1S/C29H27F3N4S/c1-17-12-18(2)14-23(13-17)36-27(26(34-28(36)37)25-10-5-6-11-33-25)24-15-19(3)35(20(24)4)22-9-7-8-21(16-22)29(30,31)32/h5-16,26-27H,1-4H3,(H,34,37)/t26-,27-/m0/s1. The van der Waals surface area contributed by atoms with Crippen molar-refractivity contribution >= 4 is 23.0 Å². The Morgan fingerprint density at radius 1 is 0.865 bits per heavy atom. The molecule has 1 aliphatic rings. The molecule has 0 aliphatic carbocycles. The fourth-order valence-corrected chi connectivity index (χ4v) is 5.69. The summed E-state index contributed by atoms with van der Waals surface area (Å²) in [6.07, 6.45) is -2.66. The number of hydrogen-bond donors (Lipinski definition) is 1. The maximum absolute atomic E-state index is 13.5. The van der Waals surface area contributed by atoms with Crippen LogP contribution in [-0.4, -0.2) is 14.7 Å². The van der Waals surface area contributed by atoms with Gasteiger partial charge in [-0.1, -0.05) is 18.2 Å². The molecule has 5 rings (SSSR count). The van der Waals surface area contributed by atoms with Crippen molar-refractivity contribution in [2.75, 3.05) is 4.90 Å². The zero-order valence-corrected chi connectivity index (χ0v) is 21.8. The number of anilines is 1. The van der Waals surface area contributed by atoms with Crippen LogP contribution in [-0.2, 0) is 6.18 Å². The number of rotatable bonds is 4. The van der Waals surface area contributed by atoms with E-state index in [1.54, 1.807) is 12.3 Å². The first-order chi connectivity index (χ1) is 17.5. The number of pyridine rings is 1. The number of halogens is 3. The molecule has 190 valence electrons. The second kappa shape index (κ2) is 9.34. The third-order valence-electron chi connectivity index (χ3n) is 6.80. The van der Waals surface area contributed by atoms with E-state index < -0.39 is 11.7 Å². The molecule has 1 N–H and O–H groups in total. The van der Waals surface area contributed by atoms with Crippen molar-refractivity contribution in [3.63, 3.8) is 0 Å². The lowest BCUT2D eigenvalue weighted by molar-refractivity contribution is -0.137. The van der Waals surface area contributed by atoms with Gasteiger partial charge < -0.3 is 14.8 Å². The van der Waals surface area contributed by atoms with Gasteiger partial charge in [-0.2, -0.15) is 13.2 Å². The molecular weight excluding hydrogens is 493 g/mol. The molecule has 4 nitrogen and oxygen atoms in total. The maximum atomic E-state index is 13.5. The number of benzene rings is 2. The molecule has 0 saturated carbocycles. The number of aryl methyl sites for hydroxylation is 3. The Labute approximate surface area is 219 Å². The lowest BCUT2D eigenvalue weighted by Gasteiger charge is -2.29. The molecule has 3 heterocycles.